The van der Waals surface area contributed by atoms with Crippen molar-refractivity contribution in [3.63, 3.8) is 0 Å². The molecule has 0 saturated carbocycles. The lowest BCUT2D eigenvalue weighted by molar-refractivity contribution is -0.133. The van der Waals surface area contributed by atoms with Gasteiger partial charge in [0.25, 0.3) is 5.91 Å². The highest BCUT2D eigenvalue weighted by Gasteiger charge is 2.16. The van der Waals surface area contributed by atoms with Crippen molar-refractivity contribution in [2.75, 3.05) is 20.3 Å². The van der Waals surface area contributed by atoms with Crippen LogP contribution in [0.3, 0.4) is 0 Å². The molecule has 0 aliphatic carbocycles. The number of halogens is 1. The fraction of sp³-hybridized carbons (Fsp3) is 0.533. The number of carbonyl (C=O) groups excluding carboxylic acids is 1. The van der Waals surface area contributed by atoms with E-state index in [0.717, 1.165) is 0 Å². The molecule has 0 atom stereocenters. The van der Waals surface area contributed by atoms with Crippen LogP contribution in [0.5, 0.6) is 11.5 Å². The van der Waals surface area contributed by atoms with Gasteiger partial charge < -0.3 is 19.5 Å². The smallest absolute Gasteiger partial charge is 0.260 e. The van der Waals surface area contributed by atoms with Crippen molar-refractivity contribution in [3.05, 3.63) is 22.2 Å². The van der Waals surface area contributed by atoms with E-state index in [4.69, 9.17) is 9.47 Å². The molecule has 0 fully saturated rings. The average Bonchev–Trinajstić information content (AvgIpc) is 2.45. The van der Waals surface area contributed by atoms with Crippen molar-refractivity contribution in [3.8, 4) is 11.5 Å². The first-order valence-corrected chi connectivity index (χ1v) is 7.64. The Balaban J connectivity index is 2.89. The van der Waals surface area contributed by atoms with E-state index in [0.29, 0.717) is 28.1 Å². The molecule has 0 radical (unpaired) electrons. The molecule has 5 nitrogen and oxygen atoms in total. The molecule has 1 aromatic rings. The highest BCUT2D eigenvalue weighted by molar-refractivity contribution is 9.10. The number of likely N-dealkylation sites (N-methyl/N-ethyl adjacent to an activating group) is 1. The third kappa shape index (κ3) is 4.89. The molecule has 0 bridgehead atoms. The highest BCUT2D eigenvalue weighted by atomic mass is 79.9. The van der Waals surface area contributed by atoms with Crippen LogP contribution in [-0.4, -0.2) is 42.2 Å². The summed E-state index contributed by atoms with van der Waals surface area (Å²) >= 11 is 3.38. The van der Waals surface area contributed by atoms with Crippen LogP contribution in [0.2, 0.25) is 0 Å². The Morgan fingerprint density at radius 3 is 2.57 bits per heavy atom. The number of aliphatic hydroxyl groups excluding tert-OH is 1. The van der Waals surface area contributed by atoms with Gasteiger partial charge >= 0.3 is 0 Å². The molecule has 1 aromatic carbocycles. The van der Waals surface area contributed by atoms with Gasteiger partial charge in [-0.1, -0.05) is 0 Å². The Hall–Kier alpha value is -1.27. The summed E-state index contributed by atoms with van der Waals surface area (Å²) in [5, 5.41) is 9.22. The standard InChI is InChI=1S/C15H22BrNO4/c1-5-20-13-7-11(8-18)6-12(16)15(13)21-9-14(19)17(4)10(2)3/h6-7,10,18H,5,8-9H2,1-4H3. The van der Waals surface area contributed by atoms with Crippen LogP contribution in [0.25, 0.3) is 0 Å². The summed E-state index contributed by atoms with van der Waals surface area (Å²) in [6, 6.07) is 3.57. The molecule has 21 heavy (non-hydrogen) atoms. The zero-order valence-electron chi connectivity index (χ0n) is 12.9. The first-order valence-electron chi connectivity index (χ1n) is 6.85. The Kier molecular flexibility index (Phi) is 6.98. The van der Waals surface area contributed by atoms with Gasteiger partial charge in [0.15, 0.2) is 18.1 Å². The summed E-state index contributed by atoms with van der Waals surface area (Å²) in [4.78, 5) is 13.6. The lowest BCUT2D eigenvalue weighted by atomic mass is 10.2. The summed E-state index contributed by atoms with van der Waals surface area (Å²) in [6.07, 6.45) is 0. The SMILES string of the molecule is CCOc1cc(CO)cc(Br)c1OCC(=O)N(C)C(C)C. The second kappa shape index (κ2) is 8.24. The number of hydrogen-bond acceptors (Lipinski definition) is 4. The van der Waals surface area contributed by atoms with E-state index in [1.807, 2.05) is 20.8 Å². The Labute approximate surface area is 134 Å². The maximum atomic E-state index is 12.0. The third-order valence-electron chi connectivity index (χ3n) is 3.06. The second-order valence-corrected chi connectivity index (χ2v) is 5.74. The lowest BCUT2D eigenvalue weighted by Crippen LogP contribution is -2.36. The number of amides is 1. The first-order chi connectivity index (χ1) is 9.90. The van der Waals surface area contributed by atoms with Crippen molar-refractivity contribution < 1.29 is 19.4 Å². The van der Waals surface area contributed by atoms with Crippen LogP contribution in [0.15, 0.2) is 16.6 Å². The maximum Gasteiger partial charge on any atom is 0.260 e. The van der Waals surface area contributed by atoms with E-state index in [1.165, 1.54) is 0 Å². The lowest BCUT2D eigenvalue weighted by Gasteiger charge is -2.22. The first kappa shape index (κ1) is 17.8. The van der Waals surface area contributed by atoms with Gasteiger partial charge in [0.05, 0.1) is 17.7 Å². The number of benzene rings is 1. The van der Waals surface area contributed by atoms with E-state index in [2.05, 4.69) is 15.9 Å². The summed E-state index contributed by atoms with van der Waals surface area (Å²) in [7, 11) is 1.74. The molecule has 0 aromatic heterocycles. The van der Waals surface area contributed by atoms with Gasteiger partial charge in [-0.15, -0.1) is 0 Å². The van der Waals surface area contributed by atoms with Crippen LogP contribution in [0.4, 0.5) is 0 Å². The number of rotatable bonds is 7. The molecular weight excluding hydrogens is 338 g/mol. The Morgan fingerprint density at radius 1 is 1.38 bits per heavy atom. The quantitative estimate of drug-likeness (QED) is 0.812. The zero-order valence-corrected chi connectivity index (χ0v) is 14.4. The zero-order chi connectivity index (χ0) is 16.0. The van der Waals surface area contributed by atoms with Crippen LogP contribution in [-0.2, 0) is 11.4 Å². The highest BCUT2D eigenvalue weighted by Crippen LogP contribution is 2.37. The second-order valence-electron chi connectivity index (χ2n) is 4.88. The van der Waals surface area contributed by atoms with Gasteiger partial charge in [-0.3, -0.25) is 4.79 Å². The topological polar surface area (TPSA) is 59.0 Å². The summed E-state index contributed by atoms with van der Waals surface area (Å²) in [5.74, 6) is 0.876. The largest absolute Gasteiger partial charge is 0.490 e. The molecule has 0 aliphatic rings. The minimum atomic E-state index is -0.106. The number of ether oxygens (including phenoxy) is 2. The van der Waals surface area contributed by atoms with Gasteiger partial charge in [-0.25, -0.2) is 0 Å². The van der Waals surface area contributed by atoms with Gasteiger partial charge in [0.1, 0.15) is 0 Å². The summed E-state index contributed by atoms with van der Waals surface area (Å²) in [5.41, 5.74) is 0.711. The average molecular weight is 360 g/mol. The molecular formula is C15H22BrNO4. The van der Waals surface area contributed by atoms with Crippen LogP contribution >= 0.6 is 15.9 Å². The van der Waals surface area contributed by atoms with Crippen molar-refractivity contribution in [1.82, 2.24) is 4.90 Å². The predicted octanol–water partition coefficient (Wildman–Crippen LogP) is 2.59. The molecule has 0 heterocycles. The van der Waals surface area contributed by atoms with Crippen molar-refractivity contribution >= 4 is 21.8 Å². The van der Waals surface area contributed by atoms with E-state index in [9.17, 15) is 9.90 Å². The van der Waals surface area contributed by atoms with E-state index in [1.54, 1.807) is 24.1 Å². The molecule has 0 aliphatic heterocycles. The monoisotopic (exact) mass is 359 g/mol. The third-order valence-corrected chi connectivity index (χ3v) is 3.65. The summed E-state index contributed by atoms with van der Waals surface area (Å²) < 4.78 is 11.8. The normalized spacial score (nSPS) is 10.6. The maximum absolute atomic E-state index is 12.0. The van der Waals surface area contributed by atoms with Gasteiger partial charge in [0.2, 0.25) is 0 Å². The van der Waals surface area contributed by atoms with Crippen molar-refractivity contribution in [1.29, 1.82) is 0 Å². The number of hydrogen-bond donors (Lipinski definition) is 1. The molecule has 0 unspecified atom stereocenters. The molecule has 0 saturated heterocycles. The number of nitrogens with zero attached hydrogens (tertiary/aromatic N) is 1. The van der Waals surface area contributed by atoms with E-state index < -0.39 is 0 Å². The molecule has 1 amide bonds. The minimum absolute atomic E-state index is 0.0637. The molecule has 0 spiro atoms. The fourth-order valence-electron chi connectivity index (χ4n) is 1.64. The van der Waals surface area contributed by atoms with Crippen LogP contribution < -0.4 is 9.47 Å². The molecule has 1 rings (SSSR count). The van der Waals surface area contributed by atoms with Crippen LogP contribution in [0.1, 0.15) is 26.3 Å². The predicted molar refractivity (Wildman–Crippen MR) is 84.6 cm³/mol. The fourth-order valence-corrected chi connectivity index (χ4v) is 2.24. The molecule has 1 N–H and O–H groups in total. The van der Waals surface area contributed by atoms with Crippen molar-refractivity contribution in [2.24, 2.45) is 0 Å². The summed E-state index contributed by atoms with van der Waals surface area (Å²) in [6.45, 7) is 6.06. The van der Waals surface area contributed by atoms with Gasteiger partial charge in [0, 0.05) is 13.1 Å². The molecule has 118 valence electrons. The Bertz CT molecular complexity index is 491. The number of aliphatic hydroxyl groups is 1. The minimum Gasteiger partial charge on any atom is -0.490 e. The number of carbonyl (C=O) groups is 1. The van der Waals surface area contributed by atoms with Crippen molar-refractivity contribution in [2.45, 2.75) is 33.4 Å². The molecule has 6 heteroatoms. The van der Waals surface area contributed by atoms with Crippen LogP contribution in [0, 0.1) is 0 Å². The van der Waals surface area contributed by atoms with Gasteiger partial charge in [-0.05, 0) is 54.4 Å². The van der Waals surface area contributed by atoms with Gasteiger partial charge in [-0.2, -0.15) is 0 Å². The van der Waals surface area contributed by atoms with E-state index in [-0.39, 0.29) is 25.2 Å². The van der Waals surface area contributed by atoms with E-state index >= 15 is 0 Å². The Morgan fingerprint density at radius 2 is 2.05 bits per heavy atom.